The van der Waals surface area contributed by atoms with Gasteiger partial charge in [0.25, 0.3) is 5.91 Å². The van der Waals surface area contributed by atoms with Gasteiger partial charge in [-0.2, -0.15) is 0 Å². The van der Waals surface area contributed by atoms with Crippen LogP contribution in [0.3, 0.4) is 0 Å². The van der Waals surface area contributed by atoms with Crippen LogP contribution in [0.15, 0.2) is 42.5 Å². The Balaban J connectivity index is 1.97. The van der Waals surface area contributed by atoms with Gasteiger partial charge in [0.15, 0.2) is 5.75 Å². The molecule has 0 saturated heterocycles. The van der Waals surface area contributed by atoms with Crippen LogP contribution in [-0.4, -0.2) is 36.5 Å². The first-order valence-corrected chi connectivity index (χ1v) is 8.72. The molecule has 0 aliphatic rings. The summed E-state index contributed by atoms with van der Waals surface area (Å²) in [6, 6.07) is 11.5. The number of amides is 2. The van der Waals surface area contributed by atoms with Crippen molar-refractivity contribution in [3.63, 3.8) is 0 Å². The fourth-order valence-electron chi connectivity index (χ4n) is 2.50. The molecule has 0 fully saturated rings. The lowest BCUT2D eigenvalue weighted by atomic mass is 9.87. The van der Waals surface area contributed by atoms with Gasteiger partial charge in [0.2, 0.25) is 5.91 Å². The summed E-state index contributed by atoms with van der Waals surface area (Å²) in [5.74, 6) is -2.05. The van der Waals surface area contributed by atoms with E-state index >= 15 is 0 Å². The van der Waals surface area contributed by atoms with E-state index in [0.717, 1.165) is 5.56 Å². The second-order valence-corrected chi connectivity index (χ2v) is 7.25. The standard InChI is InChI=1S/C21H24N2O5/c1-21(2,3)14-10-8-13(9-11-14)19(26)22-12-17(24)23-16-7-5-6-15(18(16)25)20(27)28-4/h5-11,25H,12H2,1-4H3,(H,22,26)(H,23,24). The summed E-state index contributed by atoms with van der Waals surface area (Å²) in [6.45, 7) is 5.95. The molecule has 0 heterocycles. The van der Waals surface area contributed by atoms with E-state index < -0.39 is 17.6 Å². The van der Waals surface area contributed by atoms with Crippen LogP contribution in [0.5, 0.6) is 5.75 Å². The molecule has 0 bridgehead atoms. The summed E-state index contributed by atoms with van der Waals surface area (Å²) in [5, 5.41) is 15.1. The van der Waals surface area contributed by atoms with Gasteiger partial charge in [-0.1, -0.05) is 39.0 Å². The van der Waals surface area contributed by atoms with Gasteiger partial charge < -0.3 is 20.5 Å². The molecule has 0 atom stereocenters. The average Bonchev–Trinajstić information content (AvgIpc) is 2.66. The van der Waals surface area contributed by atoms with E-state index in [1.54, 1.807) is 12.1 Å². The quantitative estimate of drug-likeness (QED) is 0.543. The molecule has 0 unspecified atom stereocenters. The predicted octanol–water partition coefficient (Wildman–Crippen LogP) is 2.84. The van der Waals surface area contributed by atoms with Crippen molar-refractivity contribution in [3.05, 3.63) is 59.2 Å². The molecule has 0 aromatic heterocycles. The molecule has 0 aliphatic carbocycles. The average molecular weight is 384 g/mol. The lowest BCUT2D eigenvalue weighted by Crippen LogP contribution is -2.33. The van der Waals surface area contributed by atoms with E-state index in [1.807, 2.05) is 12.1 Å². The Labute approximate surface area is 163 Å². The Morgan fingerprint density at radius 2 is 1.68 bits per heavy atom. The zero-order valence-corrected chi connectivity index (χ0v) is 16.3. The Morgan fingerprint density at radius 1 is 1.04 bits per heavy atom. The number of phenols is 1. The molecular weight excluding hydrogens is 360 g/mol. The van der Waals surface area contributed by atoms with E-state index in [9.17, 15) is 19.5 Å². The third-order valence-corrected chi connectivity index (χ3v) is 4.14. The van der Waals surface area contributed by atoms with Gasteiger partial charge in [0.05, 0.1) is 19.3 Å². The number of rotatable bonds is 5. The summed E-state index contributed by atoms with van der Waals surface area (Å²) >= 11 is 0. The van der Waals surface area contributed by atoms with Crippen molar-refractivity contribution in [1.82, 2.24) is 5.32 Å². The second-order valence-electron chi connectivity index (χ2n) is 7.25. The summed E-state index contributed by atoms with van der Waals surface area (Å²) in [4.78, 5) is 35.9. The fourth-order valence-corrected chi connectivity index (χ4v) is 2.50. The van der Waals surface area contributed by atoms with Crippen LogP contribution >= 0.6 is 0 Å². The molecule has 7 nitrogen and oxygen atoms in total. The molecular formula is C21H24N2O5. The van der Waals surface area contributed by atoms with Gasteiger partial charge in [-0.3, -0.25) is 9.59 Å². The largest absolute Gasteiger partial charge is 0.505 e. The highest BCUT2D eigenvalue weighted by atomic mass is 16.5. The number of para-hydroxylation sites is 1. The molecule has 3 N–H and O–H groups in total. The van der Waals surface area contributed by atoms with E-state index in [1.165, 1.54) is 25.3 Å². The number of anilines is 1. The summed E-state index contributed by atoms with van der Waals surface area (Å²) in [7, 11) is 1.19. The number of hydrogen-bond acceptors (Lipinski definition) is 5. The van der Waals surface area contributed by atoms with E-state index in [-0.39, 0.29) is 29.1 Å². The maximum atomic E-state index is 12.2. The maximum absolute atomic E-state index is 12.2. The molecule has 2 aromatic carbocycles. The molecule has 0 radical (unpaired) electrons. The van der Waals surface area contributed by atoms with Crippen LogP contribution in [0.1, 0.15) is 47.1 Å². The number of esters is 1. The van der Waals surface area contributed by atoms with Crippen molar-refractivity contribution >= 4 is 23.5 Å². The Morgan fingerprint density at radius 3 is 2.25 bits per heavy atom. The minimum Gasteiger partial charge on any atom is -0.505 e. The number of nitrogens with one attached hydrogen (secondary N) is 2. The van der Waals surface area contributed by atoms with Crippen molar-refractivity contribution in [3.8, 4) is 5.75 Å². The number of aromatic hydroxyl groups is 1. The normalized spacial score (nSPS) is 10.9. The van der Waals surface area contributed by atoms with Gasteiger partial charge in [0, 0.05) is 5.56 Å². The number of hydrogen-bond donors (Lipinski definition) is 3. The minimum atomic E-state index is -0.722. The van der Waals surface area contributed by atoms with Crippen molar-refractivity contribution in [2.24, 2.45) is 0 Å². The SMILES string of the molecule is COC(=O)c1cccc(NC(=O)CNC(=O)c2ccc(C(C)(C)C)cc2)c1O. The van der Waals surface area contributed by atoms with Crippen molar-refractivity contribution in [1.29, 1.82) is 0 Å². The molecule has 2 aromatic rings. The lowest BCUT2D eigenvalue weighted by Gasteiger charge is -2.19. The topological polar surface area (TPSA) is 105 Å². The molecule has 2 amide bonds. The number of phenolic OH excluding ortho intramolecular Hbond substituents is 1. The maximum Gasteiger partial charge on any atom is 0.341 e. The van der Waals surface area contributed by atoms with Crippen LogP contribution < -0.4 is 10.6 Å². The number of methoxy groups -OCH3 is 1. The molecule has 28 heavy (non-hydrogen) atoms. The number of ether oxygens (including phenoxy) is 1. The second kappa shape index (κ2) is 8.56. The summed E-state index contributed by atoms with van der Waals surface area (Å²) in [6.07, 6.45) is 0. The molecule has 7 heteroatoms. The predicted molar refractivity (Wildman–Crippen MR) is 106 cm³/mol. The van der Waals surface area contributed by atoms with Gasteiger partial charge in [0.1, 0.15) is 5.56 Å². The van der Waals surface area contributed by atoms with Crippen LogP contribution in [0.25, 0.3) is 0 Å². The zero-order chi connectivity index (χ0) is 20.9. The monoisotopic (exact) mass is 384 g/mol. The highest BCUT2D eigenvalue weighted by molar-refractivity contribution is 6.01. The van der Waals surface area contributed by atoms with Crippen molar-refractivity contribution in [2.45, 2.75) is 26.2 Å². The van der Waals surface area contributed by atoms with E-state index in [0.29, 0.717) is 5.56 Å². The number of benzene rings is 2. The summed E-state index contributed by atoms with van der Waals surface area (Å²) in [5.41, 5.74) is 1.51. The van der Waals surface area contributed by atoms with Crippen LogP contribution in [0.2, 0.25) is 0 Å². The fraction of sp³-hybridized carbons (Fsp3) is 0.286. The highest BCUT2D eigenvalue weighted by Gasteiger charge is 2.17. The number of carbonyl (C=O) groups excluding carboxylic acids is 3. The third kappa shape index (κ3) is 5.09. The van der Waals surface area contributed by atoms with Gasteiger partial charge >= 0.3 is 5.97 Å². The first kappa shape index (κ1) is 21.0. The molecule has 0 aliphatic heterocycles. The van der Waals surface area contributed by atoms with Crippen LogP contribution in [-0.2, 0) is 14.9 Å². The molecule has 0 spiro atoms. The smallest absolute Gasteiger partial charge is 0.341 e. The van der Waals surface area contributed by atoms with Gasteiger partial charge in [-0.25, -0.2) is 4.79 Å². The van der Waals surface area contributed by atoms with E-state index in [4.69, 9.17) is 0 Å². The highest BCUT2D eigenvalue weighted by Crippen LogP contribution is 2.27. The Hall–Kier alpha value is -3.35. The van der Waals surface area contributed by atoms with Crippen LogP contribution in [0.4, 0.5) is 5.69 Å². The Bertz CT molecular complexity index is 883. The van der Waals surface area contributed by atoms with Gasteiger partial charge in [-0.15, -0.1) is 0 Å². The third-order valence-electron chi connectivity index (χ3n) is 4.14. The van der Waals surface area contributed by atoms with Crippen molar-refractivity contribution in [2.75, 3.05) is 19.0 Å². The minimum absolute atomic E-state index is 0.0182. The van der Waals surface area contributed by atoms with E-state index in [2.05, 4.69) is 36.1 Å². The number of carbonyl (C=O) groups is 3. The molecule has 148 valence electrons. The molecule has 2 rings (SSSR count). The Kier molecular flexibility index (Phi) is 6.41. The van der Waals surface area contributed by atoms with Crippen molar-refractivity contribution < 1.29 is 24.2 Å². The lowest BCUT2D eigenvalue weighted by molar-refractivity contribution is -0.115. The molecule has 0 saturated carbocycles. The van der Waals surface area contributed by atoms with Crippen LogP contribution in [0, 0.1) is 0 Å². The first-order valence-electron chi connectivity index (χ1n) is 8.72. The van der Waals surface area contributed by atoms with Gasteiger partial charge in [-0.05, 0) is 35.2 Å². The summed E-state index contributed by atoms with van der Waals surface area (Å²) < 4.78 is 4.57. The zero-order valence-electron chi connectivity index (χ0n) is 16.3. The first-order chi connectivity index (χ1) is 13.1.